The largest absolute Gasteiger partial charge is 0.416 e. The zero-order chi connectivity index (χ0) is 21.6. The van der Waals surface area contributed by atoms with Gasteiger partial charge in [0.15, 0.2) is 17.3 Å². The molecule has 0 atom stereocenters. The van der Waals surface area contributed by atoms with Crippen molar-refractivity contribution in [3.8, 4) is 11.3 Å². The Bertz CT molecular complexity index is 1250. The quantitative estimate of drug-likeness (QED) is 0.494. The first-order chi connectivity index (χ1) is 14.1. The lowest BCUT2D eigenvalue weighted by Gasteiger charge is -2.09. The number of hydrogen-bond donors (Lipinski definition) is 1. The molecule has 0 radical (unpaired) electrons. The van der Waals surface area contributed by atoms with E-state index >= 15 is 0 Å². The van der Waals surface area contributed by atoms with Crippen molar-refractivity contribution in [2.45, 2.75) is 19.5 Å². The van der Waals surface area contributed by atoms with Crippen LogP contribution in [-0.2, 0) is 12.6 Å². The number of rotatable bonds is 3. The molecular formula is C20H14F5N5. The maximum absolute atomic E-state index is 14.2. The molecule has 30 heavy (non-hydrogen) atoms. The molecule has 5 nitrogen and oxygen atoms in total. The summed E-state index contributed by atoms with van der Waals surface area (Å²) in [6.07, 6.45) is -4.26. The second-order valence-electron chi connectivity index (χ2n) is 6.69. The molecule has 2 aromatic heterocycles. The zero-order valence-corrected chi connectivity index (χ0v) is 15.5. The fraction of sp³-hybridized carbons (Fsp3) is 0.150. The van der Waals surface area contributed by atoms with E-state index in [9.17, 15) is 22.0 Å². The number of anilines is 1. The van der Waals surface area contributed by atoms with E-state index in [0.717, 1.165) is 30.3 Å². The van der Waals surface area contributed by atoms with Gasteiger partial charge in [0, 0.05) is 12.0 Å². The average Bonchev–Trinajstić information content (AvgIpc) is 3.11. The predicted molar refractivity (Wildman–Crippen MR) is 99.5 cm³/mol. The minimum Gasteiger partial charge on any atom is -0.381 e. The first-order valence-electron chi connectivity index (χ1n) is 8.77. The molecule has 10 heteroatoms. The Labute approximate surface area is 167 Å². The smallest absolute Gasteiger partial charge is 0.381 e. The van der Waals surface area contributed by atoms with Crippen molar-refractivity contribution in [3.05, 3.63) is 76.7 Å². The molecule has 0 aliphatic carbocycles. The summed E-state index contributed by atoms with van der Waals surface area (Å²) in [5, 5.41) is 4.32. The van der Waals surface area contributed by atoms with Crippen LogP contribution in [0.25, 0.3) is 16.9 Å². The first-order valence-corrected chi connectivity index (χ1v) is 8.77. The summed E-state index contributed by atoms with van der Waals surface area (Å²) in [5.41, 5.74) is 6.42. The van der Waals surface area contributed by atoms with Gasteiger partial charge in [-0.25, -0.2) is 23.3 Å². The van der Waals surface area contributed by atoms with Gasteiger partial charge in [-0.05, 0) is 42.8 Å². The third-order valence-corrected chi connectivity index (χ3v) is 4.60. The summed E-state index contributed by atoms with van der Waals surface area (Å²) in [4.78, 5) is 8.44. The van der Waals surface area contributed by atoms with Crippen LogP contribution in [0.4, 0.5) is 27.8 Å². The van der Waals surface area contributed by atoms with Gasteiger partial charge >= 0.3 is 6.18 Å². The maximum atomic E-state index is 14.2. The number of hydrogen-bond acceptors (Lipinski definition) is 4. The highest BCUT2D eigenvalue weighted by atomic mass is 19.4. The van der Waals surface area contributed by atoms with Gasteiger partial charge in [0.05, 0.1) is 17.0 Å². The molecule has 4 rings (SSSR count). The summed E-state index contributed by atoms with van der Waals surface area (Å²) < 4.78 is 67.3. The van der Waals surface area contributed by atoms with Gasteiger partial charge in [-0.2, -0.15) is 18.3 Å². The Morgan fingerprint density at radius 3 is 2.37 bits per heavy atom. The number of aryl methyl sites for hydroxylation is 1. The van der Waals surface area contributed by atoms with Crippen molar-refractivity contribution >= 4 is 11.5 Å². The van der Waals surface area contributed by atoms with Gasteiger partial charge in [0.25, 0.3) is 0 Å². The number of nitrogen functional groups attached to an aromatic ring is 1. The molecule has 0 spiro atoms. The van der Waals surface area contributed by atoms with E-state index in [2.05, 4.69) is 15.1 Å². The molecule has 0 amide bonds. The van der Waals surface area contributed by atoms with Crippen LogP contribution in [0.2, 0.25) is 0 Å². The molecule has 2 heterocycles. The second-order valence-corrected chi connectivity index (χ2v) is 6.69. The summed E-state index contributed by atoms with van der Waals surface area (Å²) in [5.74, 6) is -1.04. The number of benzene rings is 2. The maximum Gasteiger partial charge on any atom is 0.416 e. The summed E-state index contributed by atoms with van der Waals surface area (Å²) in [6, 6.07) is 7.65. The number of nitrogens with zero attached hydrogens (tertiary/aromatic N) is 4. The van der Waals surface area contributed by atoms with E-state index in [-0.39, 0.29) is 29.1 Å². The lowest BCUT2D eigenvalue weighted by molar-refractivity contribution is -0.137. The molecule has 0 saturated carbocycles. The highest BCUT2D eigenvalue weighted by Gasteiger charge is 2.30. The van der Waals surface area contributed by atoms with E-state index in [1.165, 1.54) is 16.6 Å². The van der Waals surface area contributed by atoms with Crippen LogP contribution >= 0.6 is 0 Å². The molecule has 0 unspecified atom stereocenters. The van der Waals surface area contributed by atoms with Crippen molar-refractivity contribution in [1.82, 2.24) is 19.6 Å². The normalized spacial score (nSPS) is 11.9. The Balaban J connectivity index is 1.73. The van der Waals surface area contributed by atoms with Gasteiger partial charge in [-0.15, -0.1) is 0 Å². The SMILES string of the molecule is Cc1c(-c2cc(F)ccc2F)nc(N)c2nc(Cc3ccc(C(F)(F)F)cc3)nn12. The van der Waals surface area contributed by atoms with Crippen LogP contribution in [0.1, 0.15) is 22.6 Å². The van der Waals surface area contributed by atoms with Crippen molar-refractivity contribution < 1.29 is 22.0 Å². The van der Waals surface area contributed by atoms with Crippen molar-refractivity contribution in [1.29, 1.82) is 0 Å². The molecule has 154 valence electrons. The minimum atomic E-state index is -4.42. The van der Waals surface area contributed by atoms with Crippen molar-refractivity contribution in [3.63, 3.8) is 0 Å². The van der Waals surface area contributed by atoms with E-state index in [4.69, 9.17) is 5.73 Å². The van der Waals surface area contributed by atoms with Crippen LogP contribution in [0, 0.1) is 18.6 Å². The van der Waals surface area contributed by atoms with Crippen molar-refractivity contribution in [2.75, 3.05) is 5.73 Å². The molecule has 2 aromatic carbocycles. The molecule has 2 N–H and O–H groups in total. The average molecular weight is 419 g/mol. The van der Waals surface area contributed by atoms with Gasteiger partial charge < -0.3 is 5.73 Å². The Kier molecular flexibility index (Phi) is 4.64. The van der Waals surface area contributed by atoms with E-state index in [0.29, 0.717) is 17.1 Å². The van der Waals surface area contributed by atoms with Crippen molar-refractivity contribution in [2.24, 2.45) is 0 Å². The second kappa shape index (κ2) is 7.05. The number of fused-ring (bicyclic) bond motifs is 1. The third-order valence-electron chi connectivity index (χ3n) is 4.60. The van der Waals surface area contributed by atoms with Crippen LogP contribution < -0.4 is 5.73 Å². The third kappa shape index (κ3) is 3.56. The fourth-order valence-corrected chi connectivity index (χ4v) is 3.11. The Hall–Kier alpha value is -3.56. The fourth-order valence-electron chi connectivity index (χ4n) is 3.11. The highest BCUT2D eigenvalue weighted by Crippen LogP contribution is 2.30. The van der Waals surface area contributed by atoms with Gasteiger partial charge in [-0.3, -0.25) is 0 Å². The van der Waals surface area contributed by atoms with Crippen LogP contribution in [0.3, 0.4) is 0 Å². The van der Waals surface area contributed by atoms with E-state index in [1.807, 2.05) is 0 Å². The summed E-state index contributed by atoms with van der Waals surface area (Å²) >= 11 is 0. The van der Waals surface area contributed by atoms with Crippen LogP contribution in [0.5, 0.6) is 0 Å². The minimum absolute atomic E-state index is 0.0366. The molecule has 4 aromatic rings. The van der Waals surface area contributed by atoms with Crippen LogP contribution in [-0.4, -0.2) is 19.6 Å². The van der Waals surface area contributed by atoms with Gasteiger partial charge in [-0.1, -0.05) is 12.1 Å². The predicted octanol–water partition coefficient (Wildman–Crippen LogP) is 4.57. The zero-order valence-electron chi connectivity index (χ0n) is 15.5. The van der Waals surface area contributed by atoms with E-state index in [1.54, 1.807) is 6.92 Å². The van der Waals surface area contributed by atoms with Gasteiger partial charge in [0.1, 0.15) is 11.6 Å². The highest BCUT2D eigenvalue weighted by molar-refractivity contribution is 5.70. The molecule has 0 bridgehead atoms. The standard InChI is InChI=1S/C20H14F5N5/c1-10-17(14-9-13(21)6-7-15(14)22)28-18(26)19-27-16(29-30(10)19)8-11-2-4-12(5-3-11)20(23,24)25/h2-7,9H,8H2,1H3,(H2,26,28). The topological polar surface area (TPSA) is 69.1 Å². The molecule has 0 aliphatic rings. The Morgan fingerprint density at radius 1 is 1.00 bits per heavy atom. The molecule has 0 fully saturated rings. The monoisotopic (exact) mass is 419 g/mol. The molecular weight excluding hydrogens is 405 g/mol. The van der Waals surface area contributed by atoms with E-state index < -0.39 is 23.4 Å². The first kappa shape index (κ1) is 19.7. The van der Waals surface area contributed by atoms with Crippen LogP contribution in [0.15, 0.2) is 42.5 Å². The van der Waals surface area contributed by atoms with Gasteiger partial charge in [0.2, 0.25) is 0 Å². The number of aromatic nitrogens is 4. The number of alkyl halides is 3. The molecule has 0 aliphatic heterocycles. The Morgan fingerprint density at radius 2 is 1.70 bits per heavy atom. The number of nitrogens with two attached hydrogens (primary N) is 1. The number of halogens is 5. The molecule has 0 saturated heterocycles. The lowest BCUT2D eigenvalue weighted by Crippen LogP contribution is -2.06. The lowest BCUT2D eigenvalue weighted by atomic mass is 10.1. The summed E-state index contributed by atoms with van der Waals surface area (Å²) in [6.45, 7) is 1.61. The summed E-state index contributed by atoms with van der Waals surface area (Å²) in [7, 11) is 0.